The Morgan fingerprint density at radius 3 is 2.48 bits per heavy atom. The van der Waals surface area contributed by atoms with E-state index in [1.54, 1.807) is 0 Å². The predicted octanol–water partition coefficient (Wildman–Crippen LogP) is 3.34. The van der Waals surface area contributed by atoms with Crippen molar-refractivity contribution in [3.8, 4) is 0 Å². The molecule has 1 spiro atoms. The molecule has 1 saturated heterocycles. The molecular weight excluding hydrogens is 260 g/mol. The lowest BCUT2D eigenvalue weighted by molar-refractivity contribution is -0.151. The maximum absolute atomic E-state index is 13.3. The summed E-state index contributed by atoms with van der Waals surface area (Å²) in [7, 11) is 0. The number of nitrogens with zero attached hydrogens (tertiary/aromatic N) is 1. The molecule has 1 N–H and O–H groups in total. The van der Waals surface area contributed by atoms with E-state index in [1.165, 1.54) is 51.4 Å². The second-order valence-corrected chi connectivity index (χ2v) is 8.24. The van der Waals surface area contributed by atoms with Gasteiger partial charge in [0.1, 0.15) is 0 Å². The molecule has 0 aromatic carbocycles. The highest BCUT2D eigenvalue weighted by Crippen LogP contribution is 2.44. The van der Waals surface area contributed by atoms with Gasteiger partial charge >= 0.3 is 0 Å². The molecule has 1 unspecified atom stereocenters. The van der Waals surface area contributed by atoms with Gasteiger partial charge in [0.2, 0.25) is 5.91 Å². The minimum absolute atomic E-state index is 0.140. The second kappa shape index (κ2) is 5.91. The Morgan fingerprint density at radius 2 is 1.76 bits per heavy atom. The van der Waals surface area contributed by atoms with Gasteiger partial charge in [0, 0.05) is 25.6 Å². The van der Waals surface area contributed by atoms with E-state index in [0.29, 0.717) is 5.91 Å². The third-order valence-corrected chi connectivity index (χ3v) is 6.39. The molecule has 1 aliphatic heterocycles. The van der Waals surface area contributed by atoms with Crippen LogP contribution in [0.15, 0.2) is 0 Å². The van der Waals surface area contributed by atoms with Gasteiger partial charge in [-0.1, -0.05) is 46.0 Å². The fraction of sp³-hybridized carbons (Fsp3) is 0.944. The minimum Gasteiger partial charge on any atom is -0.334 e. The van der Waals surface area contributed by atoms with Crippen LogP contribution in [0.4, 0.5) is 0 Å². The van der Waals surface area contributed by atoms with Crippen LogP contribution < -0.4 is 5.32 Å². The molecule has 120 valence electrons. The summed E-state index contributed by atoms with van der Waals surface area (Å²) in [5.74, 6) is 0.728. The van der Waals surface area contributed by atoms with E-state index in [-0.39, 0.29) is 16.9 Å². The first-order valence-electron chi connectivity index (χ1n) is 9.07. The van der Waals surface area contributed by atoms with Crippen LogP contribution in [-0.2, 0) is 4.79 Å². The van der Waals surface area contributed by atoms with Crippen LogP contribution in [0.3, 0.4) is 0 Å². The molecule has 0 aromatic heterocycles. The lowest BCUT2D eigenvalue weighted by atomic mass is 9.67. The normalized spacial score (nSPS) is 32.1. The van der Waals surface area contributed by atoms with Gasteiger partial charge in [-0.2, -0.15) is 0 Å². The third-order valence-electron chi connectivity index (χ3n) is 6.39. The van der Waals surface area contributed by atoms with E-state index in [0.717, 1.165) is 26.1 Å². The van der Waals surface area contributed by atoms with E-state index in [9.17, 15) is 4.79 Å². The highest BCUT2D eigenvalue weighted by atomic mass is 16.2. The van der Waals surface area contributed by atoms with Crippen LogP contribution in [0.25, 0.3) is 0 Å². The quantitative estimate of drug-likeness (QED) is 0.804. The van der Waals surface area contributed by atoms with Gasteiger partial charge in [-0.25, -0.2) is 0 Å². The zero-order chi connectivity index (χ0) is 14.9. The molecule has 3 rings (SSSR count). The zero-order valence-corrected chi connectivity index (χ0v) is 13.9. The van der Waals surface area contributed by atoms with Crippen molar-refractivity contribution in [1.82, 2.24) is 10.2 Å². The van der Waals surface area contributed by atoms with Crippen molar-refractivity contribution in [3.05, 3.63) is 0 Å². The molecule has 1 amide bonds. The molecule has 1 atom stereocenters. The fourth-order valence-electron chi connectivity index (χ4n) is 4.98. The molecule has 3 heteroatoms. The van der Waals surface area contributed by atoms with E-state index in [4.69, 9.17) is 0 Å². The van der Waals surface area contributed by atoms with Crippen molar-refractivity contribution in [2.24, 2.45) is 11.3 Å². The van der Waals surface area contributed by atoms with Crippen LogP contribution in [-0.4, -0.2) is 36.0 Å². The summed E-state index contributed by atoms with van der Waals surface area (Å²) in [6.07, 6.45) is 11.2. The first-order chi connectivity index (χ1) is 10.1. The van der Waals surface area contributed by atoms with Crippen LogP contribution in [0, 0.1) is 11.3 Å². The number of piperazine rings is 1. The Bertz CT molecular complexity index is 376. The highest BCUT2D eigenvalue weighted by molar-refractivity contribution is 5.80. The minimum atomic E-state index is 0.140. The van der Waals surface area contributed by atoms with Gasteiger partial charge in [0.15, 0.2) is 0 Å². The van der Waals surface area contributed by atoms with E-state index >= 15 is 0 Å². The summed E-state index contributed by atoms with van der Waals surface area (Å²) in [6.45, 7) is 7.53. The van der Waals surface area contributed by atoms with Gasteiger partial charge in [0.05, 0.1) is 5.54 Å². The van der Waals surface area contributed by atoms with Crippen molar-refractivity contribution >= 4 is 5.91 Å². The molecule has 2 aliphatic carbocycles. The van der Waals surface area contributed by atoms with Gasteiger partial charge in [-0.05, 0) is 31.1 Å². The van der Waals surface area contributed by atoms with Crippen LogP contribution in [0.2, 0.25) is 0 Å². The molecule has 2 saturated carbocycles. The van der Waals surface area contributed by atoms with Gasteiger partial charge < -0.3 is 10.2 Å². The molecule has 0 bridgehead atoms. The Morgan fingerprint density at radius 1 is 1.05 bits per heavy atom. The number of hydrogen-bond donors (Lipinski definition) is 1. The smallest absolute Gasteiger partial charge is 0.226 e. The van der Waals surface area contributed by atoms with Gasteiger partial charge in [0.25, 0.3) is 0 Å². The Labute approximate surface area is 129 Å². The SMILES string of the molecule is CC1(C)CCCCC1C(=O)N1CCNCC12CCCCC2. The number of hydrogen-bond acceptors (Lipinski definition) is 2. The lowest BCUT2D eigenvalue weighted by Crippen LogP contribution is -2.65. The number of nitrogens with one attached hydrogen (secondary N) is 1. The molecule has 1 heterocycles. The van der Waals surface area contributed by atoms with Gasteiger partial charge in [-0.3, -0.25) is 4.79 Å². The Balaban J connectivity index is 1.80. The molecule has 3 fully saturated rings. The van der Waals surface area contributed by atoms with Crippen molar-refractivity contribution < 1.29 is 4.79 Å². The molecular formula is C18H32N2O. The topological polar surface area (TPSA) is 32.3 Å². The lowest BCUT2D eigenvalue weighted by Gasteiger charge is -2.52. The summed E-state index contributed by atoms with van der Waals surface area (Å²) in [5.41, 5.74) is 0.331. The number of rotatable bonds is 1. The summed E-state index contributed by atoms with van der Waals surface area (Å²) >= 11 is 0. The van der Waals surface area contributed by atoms with E-state index in [2.05, 4.69) is 24.1 Å². The summed E-state index contributed by atoms with van der Waals surface area (Å²) < 4.78 is 0. The molecule has 21 heavy (non-hydrogen) atoms. The number of amides is 1. The average Bonchev–Trinajstić information content (AvgIpc) is 2.47. The van der Waals surface area contributed by atoms with Crippen LogP contribution >= 0.6 is 0 Å². The van der Waals surface area contributed by atoms with Crippen LogP contribution in [0.1, 0.15) is 71.6 Å². The molecule has 3 nitrogen and oxygen atoms in total. The van der Waals surface area contributed by atoms with Crippen molar-refractivity contribution in [2.75, 3.05) is 19.6 Å². The summed E-state index contributed by atoms with van der Waals surface area (Å²) in [6, 6.07) is 0. The number of carbonyl (C=O) groups excluding carboxylic acids is 1. The first kappa shape index (κ1) is 15.3. The average molecular weight is 292 g/mol. The standard InChI is InChI=1S/C18H32N2O/c1-17(2)9-7-4-8-15(17)16(21)20-13-12-19-14-18(20)10-5-3-6-11-18/h15,19H,3-14H2,1-2H3. The molecule has 3 aliphatic rings. The highest BCUT2D eigenvalue weighted by Gasteiger charge is 2.47. The maximum atomic E-state index is 13.3. The maximum Gasteiger partial charge on any atom is 0.226 e. The molecule has 0 aromatic rings. The van der Waals surface area contributed by atoms with Crippen molar-refractivity contribution in [3.63, 3.8) is 0 Å². The predicted molar refractivity (Wildman–Crippen MR) is 86.1 cm³/mol. The zero-order valence-electron chi connectivity index (χ0n) is 13.9. The fourth-order valence-corrected chi connectivity index (χ4v) is 4.98. The van der Waals surface area contributed by atoms with Crippen molar-refractivity contribution in [1.29, 1.82) is 0 Å². The van der Waals surface area contributed by atoms with Crippen molar-refractivity contribution in [2.45, 2.75) is 77.2 Å². The van der Waals surface area contributed by atoms with Gasteiger partial charge in [-0.15, -0.1) is 0 Å². The Kier molecular flexibility index (Phi) is 4.31. The summed E-state index contributed by atoms with van der Waals surface area (Å²) in [4.78, 5) is 15.7. The molecule has 0 radical (unpaired) electrons. The number of carbonyl (C=O) groups is 1. The largest absolute Gasteiger partial charge is 0.334 e. The summed E-state index contributed by atoms with van der Waals surface area (Å²) in [5, 5.41) is 3.56. The first-order valence-corrected chi connectivity index (χ1v) is 9.07. The monoisotopic (exact) mass is 292 g/mol. The van der Waals surface area contributed by atoms with E-state index < -0.39 is 0 Å². The second-order valence-electron chi connectivity index (χ2n) is 8.24. The Hall–Kier alpha value is -0.570. The third kappa shape index (κ3) is 2.86. The van der Waals surface area contributed by atoms with E-state index in [1.807, 2.05) is 0 Å². The van der Waals surface area contributed by atoms with Crippen LogP contribution in [0.5, 0.6) is 0 Å².